The standard InChI is InChI=1S/C18H32N4OS.HI/c1-5-6-7-9-15(2)21-18(20-14-17(23)22(3)4)19-12-11-16-10-8-13-24-16;/h8,10,13,15H,5-7,9,11-12,14H2,1-4H3,(H2,19,20,21);1H. The van der Waals surface area contributed by atoms with Gasteiger partial charge in [-0.25, -0.2) is 4.99 Å². The summed E-state index contributed by atoms with van der Waals surface area (Å²) in [5.41, 5.74) is 0. The minimum atomic E-state index is 0. The summed E-state index contributed by atoms with van der Waals surface area (Å²) < 4.78 is 0. The Bertz CT molecular complexity index is 491. The van der Waals surface area contributed by atoms with E-state index in [9.17, 15) is 4.79 Å². The van der Waals surface area contributed by atoms with Crippen LogP contribution in [-0.2, 0) is 11.2 Å². The number of halogens is 1. The molecule has 25 heavy (non-hydrogen) atoms. The summed E-state index contributed by atoms with van der Waals surface area (Å²) in [6.45, 7) is 5.36. The van der Waals surface area contributed by atoms with Crippen LogP contribution in [0.4, 0.5) is 0 Å². The highest BCUT2D eigenvalue weighted by Crippen LogP contribution is 2.08. The molecule has 1 rings (SSSR count). The van der Waals surface area contributed by atoms with E-state index >= 15 is 0 Å². The zero-order chi connectivity index (χ0) is 17.8. The average Bonchev–Trinajstić information content (AvgIpc) is 3.05. The Balaban J connectivity index is 0.00000576. The number of likely N-dealkylation sites (N-methyl/N-ethyl adjacent to an activating group) is 1. The van der Waals surface area contributed by atoms with Crippen LogP contribution in [0.15, 0.2) is 22.5 Å². The Morgan fingerprint density at radius 1 is 1.36 bits per heavy atom. The molecule has 0 saturated carbocycles. The average molecular weight is 480 g/mol. The monoisotopic (exact) mass is 480 g/mol. The van der Waals surface area contributed by atoms with Crippen LogP contribution in [-0.4, -0.2) is 50.0 Å². The summed E-state index contributed by atoms with van der Waals surface area (Å²) in [6.07, 6.45) is 5.77. The van der Waals surface area contributed by atoms with E-state index in [0.29, 0.717) is 6.04 Å². The molecule has 0 saturated heterocycles. The van der Waals surface area contributed by atoms with Crippen molar-refractivity contribution in [2.75, 3.05) is 27.2 Å². The molecule has 1 heterocycles. The van der Waals surface area contributed by atoms with Gasteiger partial charge in [-0.3, -0.25) is 4.79 Å². The molecule has 0 bridgehead atoms. The number of amides is 1. The highest BCUT2D eigenvalue weighted by molar-refractivity contribution is 14.0. The van der Waals surface area contributed by atoms with E-state index in [-0.39, 0.29) is 36.4 Å². The molecule has 0 radical (unpaired) electrons. The van der Waals surface area contributed by atoms with Gasteiger partial charge in [0.25, 0.3) is 0 Å². The third-order valence-electron chi connectivity index (χ3n) is 3.74. The highest BCUT2D eigenvalue weighted by atomic mass is 127. The number of carbonyl (C=O) groups excluding carboxylic acids is 1. The third kappa shape index (κ3) is 11.4. The maximum absolute atomic E-state index is 11.8. The Labute approximate surface area is 173 Å². The fraction of sp³-hybridized carbons (Fsp3) is 0.667. The van der Waals surface area contributed by atoms with Crippen molar-refractivity contribution in [2.45, 2.75) is 52.0 Å². The maximum Gasteiger partial charge on any atom is 0.243 e. The van der Waals surface area contributed by atoms with Crippen molar-refractivity contribution in [3.8, 4) is 0 Å². The van der Waals surface area contributed by atoms with Crippen LogP contribution in [0.1, 0.15) is 44.4 Å². The van der Waals surface area contributed by atoms with Gasteiger partial charge in [0.1, 0.15) is 6.54 Å². The van der Waals surface area contributed by atoms with Crippen LogP contribution in [0.3, 0.4) is 0 Å². The Morgan fingerprint density at radius 2 is 2.12 bits per heavy atom. The van der Waals surface area contributed by atoms with E-state index in [1.165, 1.54) is 24.1 Å². The number of nitrogens with zero attached hydrogens (tertiary/aromatic N) is 2. The van der Waals surface area contributed by atoms with E-state index in [1.54, 1.807) is 30.3 Å². The molecule has 1 atom stereocenters. The fourth-order valence-electron chi connectivity index (χ4n) is 2.21. The van der Waals surface area contributed by atoms with Crippen LogP contribution in [0.2, 0.25) is 0 Å². The van der Waals surface area contributed by atoms with Crippen molar-refractivity contribution < 1.29 is 4.79 Å². The predicted octanol–water partition coefficient (Wildman–Crippen LogP) is 3.50. The van der Waals surface area contributed by atoms with E-state index < -0.39 is 0 Å². The number of hydrogen-bond acceptors (Lipinski definition) is 3. The summed E-state index contributed by atoms with van der Waals surface area (Å²) in [5, 5.41) is 8.86. The molecule has 1 aromatic heterocycles. The van der Waals surface area contributed by atoms with Gasteiger partial charge in [0.05, 0.1) is 0 Å². The van der Waals surface area contributed by atoms with E-state index in [0.717, 1.165) is 25.3 Å². The molecule has 0 fully saturated rings. The lowest BCUT2D eigenvalue weighted by Crippen LogP contribution is -2.43. The van der Waals surface area contributed by atoms with Crippen molar-refractivity contribution in [1.29, 1.82) is 0 Å². The highest BCUT2D eigenvalue weighted by Gasteiger charge is 2.08. The lowest BCUT2D eigenvalue weighted by molar-refractivity contribution is -0.127. The molecular weight excluding hydrogens is 447 g/mol. The summed E-state index contributed by atoms with van der Waals surface area (Å²) in [4.78, 5) is 19.1. The first-order valence-electron chi connectivity index (χ1n) is 8.80. The molecule has 0 aliphatic heterocycles. The Kier molecular flexibility index (Phi) is 13.9. The van der Waals surface area contributed by atoms with Gasteiger partial charge in [0.15, 0.2) is 5.96 Å². The molecule has 0 aliphatic rings. The summed E-state index contributed by atoms with van der Waals surface area (Å²) in [7, 11) is 3.51. The summed E-state index contributed by atoms with van der Waals surface area (Å²) in [6, 6.07) is 4.55. The number of carbonyl (C=O) groups is 1. The molecule has 0 aliphatic carbocycles. The molecule has 7 heteroatoms. The maximum atomic E-state index is 11.8. The minimum Gasteiger partial charge on any atom is -0.356 e. The number of thiophene rings is 1. The number of hydrogen-bond donors (Lipinski definition) is 2. The van der Waals surface area contributed by atoms with Gasteiger partial charge >= 0.3 is 0 Å². The van der Waals surface area contributed by atoms with Gasteiger partial charge in [0.2, 0.25) is 5.91 Å². The van der Waals surface area contributed by atoms with Crippen LogP contribution in [0.25, 0.3) is 0 Å². The van der Waals surface area contributed by atoms with Gasteiger partial charge in [-0.05, 0) is 31.2 Å². The lowest BCUT2D eigenvalue weighted by atomic mass is 10.1. The second kappa shape index (κ2) is 14.4. The van der Waals surface area contributed by atoms with E-state index in [2.05, 4.69) is 47.0 Å². The van der Waals surface area contributed by atoms with Crippen LogP contribution in [0.5, 0.6) is 0 Å². The predicted molar refractivity (Wildman–Crippen MR) is 119 cm³/mol. The van der Waals surface area contributed by atoms with Gasteiger partial charge in [-0.15, -0.1) is 35.3 Å². The Morgan fingerprint density at radius 3 is 2.72 bits per heavy atom. The molecular formula is C18H33IN4OS. The SMILES string of the molecule is CCCCCC(C)NC(=NCC(=O)N(C)C)NCCc1cccs1.I. The zero-order valence-electron chi connectivity index (χ0n) is 15.9. The van der Waals surface area contributed by atoms with Gasteiger partial charge in [-0.2, -0.15) is 0 Å². The minimum absolute atomic E-state index is 0. The van der Waals surface area contributed by atoms with Crippen LogP contribution < -0.4 is 10.6 Å². The van der Waals surface area contributed by atoms with Gasteiger partial charge < -0.3 is 15.5 Å². The largest absolute Gasteiger partial charge is 0.356 e. The molecule has 144 valence electrons. The number of aliphatic imine (C=N–C) groups is 1. The van der Waals surface area contributed by atoms with Crippen molar-refractivity contribution in [1.82, 2.24) is 15.5 Å². The Hall–Kier alpha value is -0.830. The van der Waals surface area contributed by atoms with Gasteiger partial charge in [-0.1, -0.05) is 32.3 Å². The number of nitrogens with one attached hydrogen (secondary N) is 2. The summed E-state index contributed by atoms with van der Waals surface area (Å²) in [5.74, 6) is 0.735. The van der Waals surface area contributed by atoms with Crippen LogP contribution >= 0.6 is 35.3 Å². The smallest absolute Gasteiger partial charge is 0.243 e. The second-order valence-electron chi connectivity index (χ2n) is 6.25. The fourth-order valence-corrected chi connectivity index (χ4v) is 2.91. The number of rotatable bonds is 10. The molecule has 5 nitrogen and oxygen atoms in total. The molecule has 1 unspecified atom stereocenters. The molecule has 1 amide bonds. The number of guanidine groups is 1. The van der Waals surface area contributed by atoms with Crippen molar-refractivity contribution in [3.63, 3.8) is 0 Å². The van der Waals surface area contributed by atoms with Crippen LogP contribution in [0, 0.1) is 0 Å². The van der Waals surface area contributed by atoms with Crippen molar-refractivity contribution >= 4 is 47.2 Å². The van der Waals surface area contributed by atoms with Gasteiger partial charge in [0, 0.05) is 31.6 Å². The topological polar surface area (TPSA) is 56.7 Å². The van der Waals surface area contributed by atoms with E-state index in [4.69, 9.17) is 0 Å². The molecule has 1 aromatic rings. The lowest BCUT2D eigenvalue weighted by Gasteiger charge is -2.18. The second-order valence-corrected chi connectivity index (χ2v) is 7.28. The first kappa shape index (κ1) is 24.2. The molecule has 0 aromatic carbocycles. The molecule has 2 N–H and O–H groups in total. The summed E-state index contributed by atoms with van der Waals surface area (Å²) >= 11 is 1.76. The first-order valence-corrected chi connectivity index (χ1v) is 9.68. The van der Waals surface area contributed by atoms with E-state index in [1.807, 2.05) is 0 Å². The number of unbranched alkanes of at least 4 members (excludes halogenated alkanes) is 2. The zero-order valence-corrected chi connectivity index (χ0v) is 19.0. The van der Waals surface area contributed by atoms with Crippen molar-refractivity contribution in [3.05, 3.63) is 22.4 Å². The molecule has 0 spiro atoms. The first-order chi connectivity index (χ1) is 11.5. The quantitative estimate of drug-likeness (QED) is 0.233. The normalized spacial score (nSPS) is 12.2. The third-order valence-corrected chi connectivity index (χ3v) is 4.68. The van der Waals surface area contributed by atoms with Crippen molar-refractivity contribution in [2.24, 2.45) is 4.99 Å².